The van der Waals surface area contributed by atoms with E-state index in [1.54, 1.807) is 42.5 Å². The van der Waals surface area contributed by atoms with Gasteiger partial charge in [-0.05, 0) is 74.5 Å². The molecule has 36 nitrogen and oxygen atoms in total. The SMILES string of the molecule is CC(=O)OC[C@H]1O[C@H](O[C@@H]2[C@@H](O[C@@H]3[C@@H](OC(=O)c4ccccc4)[C@@H](OC(=O)c4ccccc4)[C@H](O[C@@H]4[C@@H](OC(=O)c5ccccc5)[C@@H](O)O[C@H](COC(=O)c5ccccc5)[C@@H]4OC(=O)c4ccccc4)O[C@H]3C)O[C@H](COC(C)=O)[C@@H](OC(C)=O)[C@@H]2O[C@H]2O[C@H](C)[C@H](OC(C)=O)C[C@H]2OC(C)=O)[C@H](OC(C)=O)[C@@H](OC(C)=O)[C@H]1OC(C)=O. The monoisotopic (exact) mass is 1640 g/mol. The first kappa shape index (κ1) is 88.2. The Bertz CT molecular complexity index is 4270. The van der Waals surface area contributed by atoms with Gasteiger partial charge in [0.1, 0.15) is 68.7 Å². The third kappa shape index (κ3) is 23.8. The maximum atomic E-state index is 15.3. The van der Waals surface area contributed by atoms with E-state index >= 15 is 9.59 Å². The number of ether oxygens (including phenoxy) is 22. The van der Waals surface area contributed by atoms with Crippen LogP contribution >= 0.6 is 0 Å². The molecule has 24 atom stereocenters. The highest BCUT2D eigenvalue weighted by Crippen LogP contribution is 2.42. The molecule has 0 amide bonds. The molecule has 0 bridgehead atoms. The van der Waals surface area contributed by atoms with E-state index in [0.29, 0.717) is 0 Å². The van der Waals surface area contributed by atoms with Crippen LogP contribution < -0.4 is 0 Å². The summed E-state index contributed by atoms with van der Waals surface area (Å²) in [6, 6.07) is 36.8. The summed E-state index contributed by atoms with van der Waals surface area (Å²) < 4.78 is 138. The Morgan fingerprint density at radius 1 is 0.274 bits per heavy atom. The molecule has 0 aromatic heterocycles. The molecule has 0 saturated carbocycles. The van der Waals surface area contributed by atoms with Crippen molar-refractivity contribution in [2.45, 2.75) is 223 Å². The van der Waals surface area contributed by atoms with Crippen molar-refractivity contribution in [3.05, 3.63) is 179 Å². The zero-order valence-electron chi connectivity index (χ0n) is 64.9. The maximum absolute atomic E-state index is 15.3. The van der Waals surface area contributed by atoms with Gasteiger partial charge in [0.25, 0.3) is 0 Å². The molecule has 117 heavy (non-hydrogen) atoms. The van der Waals surface area contributed by atoms with Crippen LogP contribution in [0.1, 0.15) is 127 Å². The molecule has 0 aliphatic carbocycles. The number of carbonyl (C=O) groups excluding carboxylic acids is 13. The molecule has 36 heteroatoms. The van der Waals surface area contributed by atoms with Crippen molar-refractivity contribution in [3.8, 4) is 0 Å². The van der Waals surface area contributed by atoms with Gasteiger partial charge in [0.05, 0.1) is 40.0 Å². The van der Waals surface area contributed by atoms with Crippen LogP contribution in [0.25, 0.3) is 0 Å². The molecule has 1 N–H and O–H groups in total. The van der Waals surface area contributed by atoms with Crippen LogP contribution in [0.2, 0.25) is 0 Å². The van der Waals surface area contributed by atoms with E-state index in [2.05, 4.69) is 0 Å². The second-order valence-corrected chi connectivity index (χ2v) is 27.3. The number of hydrogen-bond acceptors (Lipinski definition) is 36. The third-order valence-electron chi connectivity index (χ3n) is 18.5. The lowest BCUT2D eigenvalue weighted by molar-refractivity contribution is -0.404. The Morgan fingerprint density at radius 2 is 0.564 bits per heavy atom. The second kappa shape index (κ2) is 41.1. The molecule has 5 aromatic rings. The zero-order valence-corrected chi connectivity index (χ0v) is 64.9. The Labute approximate surface area is 669 Å². The molecule has 5 heterocycles. The van der Waals surface area contributed by atoms with Crippen molar-refractivity contribution in [3.63, 3.8) is 0 Å². The average molecular weight is 1640 g/mol. The van der Waals surface area contributed by atoms with Crippen LogP contribution in [0.5, 0.6) is 0 Å². The summed E-state index contributed by atoms with van der Waals surface area (Å²) >= 11 is 0. The molecule has 5 aliphatic heterocycles. The lowest BCUT2D eigenvalue weighted by Gasteiger charge is -2.52. The number of hydrogen-bond donors (Lipinski definition) is 1. The quantitative estimate of drug-likeness (QED) is 0.0483. The minimum absolute atomic E-state index is 0.0514. The number of benzene rings is 5. The molecule has 10 rings (SSSR count). The van der Waals surface area contributed by atoms with E-state index in [4.69, 9.17) is 104 Å². The summed E-state index contributed by atoms with van der Waals surface area (Å²) in [5.41, 5.74) is -0.454. The van der Waals surface area contributed by atoms with Crippen LogP contribution in [-0.2, 0) is 143 Å². The zero-order chi connectivity index (χ0) is 84.3. The molecule has 0 unspecified atom stereocenters. The molecule has 0 spiro atoms. The molecule has 5 aromatic carbocycles. The van der Waals surface area contributed by atoms with E-state index < -0.39 is 245 Å². The van der Waals surface area contributed by atoms with Gasteiger partial charge in [-0.25, -0.2) is 24.0 Å². The number of aliphatic hydroxyl groups excluding tert-OH is 1. The van der Waals surface area contributed by atoms with Gasteiger partial charge in [-0.1, -0.05) is 91.0 Å². The van der Waals surface area contributed by atoms with E-state index in [0.717, 1.165) is 55.4 Å². The molecule has 5 saturated heterocycles. The van der Waals surface area contributed by atoms with Gasteiger partial charge in [-0.15, -0.1) is 0 Å². The van der Waals surface area contributed by atoms with E-state index in [1.807, 2.05) is 0 Å². The van der Waals surface area contributed by atoms with Crippen LogP contribution in [0.3, 0.4) is 0 Å². The lowest BCUT2D eigenvalue weighted by atomic mass is 9.94. The number of rotatable bonds is 29. The average Bonchev–Trinajstić information content (AvgIpc) is 0.754. The first-order valence-corrected chi connectivity index (χ1v) is 37.0. The Kier molecular flexibility index (Phi) is 31.0. The van der Waals surface area contributed by atoms with Gasteiger partial charge >= 0.3 is 77.6 Å². The van der Waals surface area contributed by atoms with Crippen LogP contribution in [0.4, 0.5) is 0 Å². The van der Waals surface area contributed by atoms with Crippen LogP contribution in [-0.4, -0.2) is 250 Å². The molecule has 628 valence electrons. The van der Waals surface area contributed by atoms with E-state index in [1.165, 1.54) is 123 Å². The molecular formula is C81H88O36. The van der Waals surface area contributed by atoms with Gasteiger partial charge in [0.2, 0.25) is 0 Å². The van der Waals surface area contributed by atoms with Gasteiger partial charge in [0, 0.05) is 61.8 Å². The largest absolute Gasteiger partial charge is 0.463 e. The smallest absolute Gasteiger partial charge is 0.338 e. The predicted molar refractivity (Wildman–Crippen MR) is 387 cm³/mol. The highest BCUT2D eigenvalue weighted by molar-refractivity contribution is 5.92. The summed E-state index contributed by atoms with van der Waals surface area (Å²) in [5, 5.41) is 12.4. The fraction of sp³-hybridized carbons (Fsp3) is 0.469. The standard InChI is InChI=1S/C81H88O36/c1-40-55(101-44(5)84)36-56(102-45(6)85)78(99-40)115-67-62(104-47(8)87)59(38-97-43(4)83)109-81(71(67)117-80-69(106-49(10)89)66(105-48(9)88)61(103-46(7)86)58(108-80)37-96-42(3)82)114-60-41(2)100-79(70(113-76(94)54-34-24-15-25-35-54)64(60)111-74(92)52-30-20-13-21-31-52)116-65-63(110-73(91)51-28-18-12-19-29-51)57(39-98-72(90)50-26-16-11-17-27-50)107-77(95)68(65)112-75(93)53-32-22-14-23-33-53/h11-35,40-41,55-71,77-81,95H,36-39H2,1-10H3/t40-,41+,55-,56-,57-,58-,59-,60+,61+,62-,63+,64-,65+,66+,67+,68-,69-,70-,71+,77+,78-,79+,80-,81-/m1/s1. The first-order valence-electron chi connectivity index (χ1n) is 37.0. The third-order valence-corrected chi connectivity index (χ3v) is 18.5. The highest BCUT2D eigenvalue weighted by atomic mass is 16.8. The van der Waals surface area contributed by atoms with Crippen LogP contribution in [0, 0.1) is 0 Å². The Balaban J connectivity index is 1.18. The summed E-state index contributed by atoms with van der Waals surface area (Å²) in [6.07, 6.45) is -47.6. The van der Waals surface area contributed by atoms with Crippen molar-refractivity contribution in [1.82, 2.24) is 0 Å². The summed E-state index contributed by atoms with van der Waals surface area (Å²) in [7, 11) is 0. The highest BCUT2D eigenvalue weighted by Gasteiger charge is 2.62. The second-order valence-electron chi connectivity index (χ2n) is 27.3. The predicted octanol–water partition coefficient (Wildman–Crippen LogP) is 5.05. The number of esters is 13. The van der Waals surface area contributed by atoms with E-state index in [9.17, 15) is 57.8 Å². The molecular weight excluding hydrogens is 1550 g/mol. The van der Waals surface area contributed by atoms with Crippen molar-refractivity contribution >= 4 is 77.6 Å². The van der Waals surface area contributed by atoms with Crippen molar-refractivity contribution in [1.29, 1.82) is 0 Å². The molecule has 0 radical (unpaired) electrons. The Morgan fingerprint density at radius 3 is 1.01 bits per heavy atom. The Hall–Kier alpha value is -11.2. The fourth-order valence-corrected chi connectivity index (χ4v) is 13.4. The molecule has 5 aliphatic rings. The number of carbonyl (C=O) groups is 13. The van der Waals surface area contributed by atoms with Crippen LogP contribution in [0.15, 0.2) is 152 Å². The van der Waals surface area contributed by atoms with Crippen molar-refractivity contribution < 1.29 is 172 Å². The van der Waals surface area contributed by atoms with Gasteiger partial charge in [-0.3, -0.25) is 38.4 Å². The normalized spacial score (nSPS) is 30.0. The van der Waals surface area contributed by atoms with E-state index in [-0.39, 0.29) is 34.2 Å². The summed E-state index contributed by atoms with van der Waals surface area (Å²) in [5.74, 6) is -13.5. The minimum Gasteiger partial charge on any atom is -0.463 e. The first-order chi connectivity index (χ1) is 55.9. The fourth-order valence-electron chi connectivity index (χ4n) is 13.4. The van der Waals surface area contributed by atoms with Gasteiger partial charge < -0.3 is 109 Å². The topological polar surface area (TPSA) is 445 Å². The summed E-state index contributed by atoms with van der Waals surface area (Å²) in [6.45, 7) is 8.15. The summed E-state index contributed by atoms with van der Waals surface area (Å²) in [4.78, 5) is 179. The lowest BCUT2D eigenvalue weighted by Crippen LogP contribution is -2.70. The minimum atomic E-state index is -2.36. The number of aliphatic hydroxyl groups is 1. The maximum Gasteiger partial charge on any atom is 0.338 e. The molecule has 5 fully saturated rings. The van der Waals surface area contributed by atoms with Gasteiger partial charge in [-0.2, -0.15) is 0 Å². The van der Waals surface area contributed by atoms with Gasteiger partial charge in [0.15, 0.2) is 86.4 Å². The van der Waals surface area contributed by atoms with Crippen molar-refractivity contribution in [2.75, 3.05) is 19.8 Å². The van der Waals surface area contributed by atoms with Crippen molar-refractivity contribution in [2.24, 2.45) is 0 Å².